The molecule has 0 unspecified atom stereocenters. The first kappa shape index (κ1) is 3.89. The van der Waals surface area contributed by atoms with Crippen molar-refractivity contribution in [1.29, 1.82) is 0 Å². The van der Waals surface area contributed by atoms with Crippen LogP contribution in [0.5, 0.6) is 0 Å². The third kappa shape index (κ3) is 1.89. The Balaban J connectivity index is 1.97. The van der Waals surface area contributed by atoms with Crippen molar-refractivity contribution in [2.45, 2.75) is 0 Å². The molecule has 0 atom stereocenters. The molecular weight excluding hydrogens is 59.0 g/mol. The molecule has 0 amide bonds. The number of hydrogen-bond donors (Lipinski definition) is 0. The Labute approximate surface area is 24.1 Å². The summed E-state index contributed by atoms with van der Waals surface area (Å²) >= 11 is 0. The quantitative estimate of drug-likeness (QED) is 0.395. The first-order valence-electron chi connectivity index (χ1n) is 1.06. The van der Waals surface area contributed by atoms with Gasteiger partial charge in [0.1, 0.15) is 0 Å². The zero-order valence-corrected chi connectivity index (χ0v) is 2.20. The van der Waals surface area contributed by atoms with Crippen LogP contribution in [0.4, 0.5) is 4.39 Å². The number of alkyl halides is 1. The zero-order chi connectivity index (χ0) is 3.41. The Morgan fingerprint density at radius 1 is 1.75 bits per heavy atom. The molecular formula is C2H4FO-. The van der Waals surface area contributed by atoms with E-state index >= 15 is 0 Å². The summed E-state index contributed by atoms with van der Waals surface area (Å²) in [5, 5.41) is 8.92. The maximum absolute atomic E-state index is 10.4. The van der Waals surface area contributed by atoms with Crippen molar-refractivity contribution >= 4 is 0 Å². The van der Waals surface area contributed by atoms with Gasteiger partial charge in [0.2, 0.25) is 0 Å². The van der Waals surface area contributed by atoms with Gasteiger partial charge in [-0.25, -0.2) is 0 Å². The van der Waals surface area contributed by atoms with Crippen molar-refractivity contribution in [1.82, 2.24) is 0 Å². The first-order chi connectivity index (χ1) is 1.91. The van der Waals surface area contributed by atoms with Crippen LogP contribution in [0.2, 0.25) is 0 Å². The van der Waals surface area contributed by atoms with Gasteiger partial charge < -0.3 is 5.11 Å². The predicted octanol–water partition coefficient (Wildman–Crippen LogP) is -0.684. The van der Waals surface area contributed by atoms with E-state index in [1.807, 2.05) is 0 Å². The fourth-order valence-electron chi connectivity index (χ4n) is 0. The normalized spacial score (nSPS) is 7.50. The molecule has 0 fully saturated rings. The molecule has 0 aromatic rings. The highest BCUT2D eigenvalue weighted by molar-refractivity contribution is 4.05. The molecule has 0 N–H and O–H groups in total. The van der Waals surface area contributed by atoms with Gasteiger partial charge in [0, 0.05) is 0 Å². The van der Waals surface area contributed by atoms with E-state index in [-0.39, 0.29) is 0 Å². The molecule has 0 spiro atoms. The molecule has 0 saturated heterocycles. The summed E-state index contributed by atoms with van der Waals surface area (Å²) in [6.45, 7) is -1.33. The minimum Gasteiger partial charge on any atom is -0.853 e. The lowest BCUT2D eigenvalue weighted by molar-refractivity contribution is -0.369. The maximum Gasteiger partial charge on any atom is 0.0742 e. The molecule has 1 nitrogen and oxygen atoms in total. The van der Waals surface area contributed by atoms with Crippen LogP contribution in [0.1, 0.15) is 0 Å². The summed E-state index contributed by atoms with van der Waals surface area (Å²) in [5.41, 5.74) is 0. The highest BCUT2D eigenvalue weighted by Crippen LogP contribution is 1.49. The van der Waals surface area contributed by atoms with Gasteiger partial charge >= 0.3 is 0 Å². The number of rotatable bonds is 1. The predicted molar refractivity (Wildman–Crippen MR) is 10.8 cm³/mol. The molecule has 0 aromatic carbocycles. The highest BCUT2D eigenvalue weighted by atomic mass is 19.1. The van der Waals surface area contributed by atoms with E-state index in [9.17, 15) is 4.39 Å². The molecule has 0 aromatic heterocycles. The molecule has 0 aliphatic rings. The second kappa shape index (κ2) is 2.89. The van der Waals surface area contributed by atoms with Crippen LogP contribution in [0.3, 0.4) is 0 Å². The third-order valence-corrected chi connectivity index (χ3v) is 0.0772. The van der Waals surface area contributed by atoms with Crippen molar-refractivity contribution in [3.63, 3.8) is 0 Å². The van der Waals surface area contributed by atoms with Gasteiger partial charge in [0.05, 0.1) is 6.67 Å². The van der Waals surface area contributed by atoms with E-state index in [4.69, 9.17) is 5.11 Å². The van der Waals surface area contributed by atoms with Crippen LogP contribution in [0.25, 0.3) is 0 Å². The Hall–Kier alpha value is -0.110. The van der Waals surface area contributed by atoms with E-state index in [1.165, 1.54) is 0 Å². The molecule has 26 valence electrons. The standard InChI is InChI=1S/C2H4FO/c3-1-2-4/h1-2H2/q-1. The fourth-order valence-corrected chi connectivity index (χ4v) is 0. The molecule has 0 bridgehead atoms. The lowest BCUT2D eigenvalue weighted by Crippen LogP contribution is -2.05. The van der Waals surface area contributed by atoms with Gasteiger partial charge in [0.15, 0.2) is 0 Å². The number of halogens is 1. The van der Waals surface area contributed by atoms with Crippen LogP contribution in [-0.4, -0.2) is 13.3 Å². The minimum absolute atomic E-state index is 0.597. The van der Waals surface area contributed by atoms with Gasteiger partial charge in [-0.3, -0.25) is 4.39 Å². The molecule has 4 heavy (non-hydrogen) atoms. The molecule has 0 rings (SSSR count). The molecule has 0 aliphatic carbocycles. The summed E-state index contributed by atoms with van der Waals surface area (Å²) in [6, 6.07) is 0. The van der Waals surface area contributed by atoms with Gasteiger partial charge in [-0.15, -0.1) is 6.61 Å². The van der Waals surface area contributed by atoms with E-state index in [2.05, 4.69) is 0 Å². The van der Waals surface area contributed by atoms with E-state index < -0.39 is 13.3 Å². The van der Waals surface area contributed by atoms with E-state index in [0.29, 0.717) is 0 Å². The van der Waals surface area contributed by atoms with Crippen molar-refractivity contribution in [3.8, 4) is 0 Å². The largest absolute Gasteiger partial charge is 0.853 e. The average Bonchev–Trinajstić information content (AvgIpc) is 1.37. The third-order valence-electron chi connectivity index (χ3n) is 0.0772. The van der Waals surface area contributed by atoms with Crippen LogP contribution in [0.15, 0.2) is 0 Å². The molecule has 2 heteroatoms. The Morgan fingerprint density at radius 2 is 2.00 bits per heavy atom. The van der Waals surface area contributed by atoms with Gasteiger partial charge in [-0.05, 0) is 0 Å². The SMILES string of the molecule is [O-]CCF. The number of hydrogen-bond acceptors (Lipinski definition) is 1. The van der Waals surface area contributed by atoms with Crippen molar-refractivity contribution < 1.29 is 9.50 Å². The highest BCUT2D eigenvalue weighted by Gasteiger charge is 1.50. The average molecular weight is 63.1 g/mol. The fraction of sp³-hybridized carbons (Fsp3) is 1.00. The summed E-state index contributed by atoms with van der Waals surface area (Å²) in [5.74, 6) is 0. The van der Waals surface area contributed by atoms with E-state index in [0.717, 1.165) is 0 Å². The van der Waals surface area contributed by atoms with Crippen LogP contribution < -0.4 is 5.11 Å². The Bertz CT molecular complexity index is 8.00. The lowest BCUT2D eigenvalue weighted by Gasteiger charge is -1.86. The molecule has 0 aliphatic heterocycles. The van der Waals surface area contributed by atoms with Crippen molar-refractivity contribution in [2.75, 3.05) is 13.3 Å². The van der Waals surface area contributed by atoms with E-state index in [1.54, 1.807) is 0 Å². The topological polar surface area (TPSA) is 23.1 Å². The second-order valence-corrected chi connectivity index (χ2v) is 0.393. The summed E-state index contributed by atoms with van der Waals surface area (Å²) < 4.78 is 10.4. The first-order valence-corrected chi connectivity index (χ1v) is 1.06. The van der Waals surface area contributed by atoms with Crippen molar-refractivity contribution in [3.05, 3.63) is 0 Å². The van der Waals surface area contributed by atoms with Gasteiger partial charge in [0.25, 0.3) is 0 Å². The monoisotopic (exact) mass is 63.0 g/mol. The van der Waals surface area contributed by atoms with Crippen molar-refractivity contribution in [2.24, 2.45) is 0 Å². The molecule has 0 heterocycles. The Morgan fingerprint density at radius 3 is 2.00 bits per heavy atom. The zero-order valence-electron chi connectivity index (χ0n) is 2.20. The Kier molecular flexibility index (Phi) is 2.81. The van der Waals surface area contributed by atoms with Crippen LogP contribution >= 0.6 is 0 Å². The lowest BCUT2D eigenvalue weighted by atomic mass is 10.9. The second-order valence-electron chi connectivity index (χ2n) is 0.393. The maximum atomic E-state index is 10.4. The van der Waals surface area contributed by atoms with Crippen LogP contribution in [0, 0.1) is 0 Å². The molecule has 0 saturated carbocycles. The summed E-state index contributed by atoms with van der Waals surface area (Å²) in [4.78, 5) is 0. The van der Waals surface area contributed by atoms with Gasteiger partial charge in [-0.1, -0.05) is 0 Å². The van der Waals surface area contributed by atoms with Gasteiger partial charge in [-0.2, -0.15) is 0 Å². The smallest absolute Gasteiger partial charge is 0.0742 e. The minimum atomic E-state index is -0.736. The van der Waals surface area contributed by atoms with Crippen LogP contribution in [-0.2, 0) is 0 Å². The molecule has 0 radical (unpaired) electrons. The summed E-state index contributed by atoms with van der Waals surface area (Å²) in [6.07, 6.45) is 0. The summed E-state index contributed by atoms with van der Waals surface area (Å²) in [7, 11) is 0.